The zero-order chi connectivity index (χ0) is 13.9. The van der Waals surface area contributed by atoms with Crippen LogP contribution in [0.4, 0.5) is 4.79 Å². The van der Waals surface area contributed by atoms with Gasteiger partial charge in [-0.15, -0.1) is 11.3 Å². The normalized spacial score (nSPS) is 14.4. The summed E-state index contributed by atoms with van der Waals surface area (Å²) < 4.78 is 1.13. The average molecular weight is 291 g/mol. The molecule has 0 saturated heterocycles. The minimum absolute atomic E-state index is 0.00502. The highest BCUT2D eigenvalue weighted by molar-refractivity contribution is 7.18. The van der Waals surface area contributed by atoms with Crippen molar-refractivity contribution in [2.75, 3.05) is 13.2 Å². The number of carbonyl (C=O) groups is 1. The Morgan fingerprint density at radius 2 is 2.25 bits per heavy atom. The van der Waals surface area contributed by atoms with Gasteiger partial charge >= 0.3 is 6.03 Å². The van der Waals surface area contributed by atoms with E-state index in [0.717, 1.165) is 28.1 Å². The van der Waals surface area contributed by atoms with Crippen molar-refractivity contribution in [2.24, 2.45) is 0 Å². The Labute approximate surface area is 121 Å². The van der Waals surface area contributed by atoms with Gasteiger partial charge in [0, 0.05) is 12.6 Å². The first-order valence-corrected chi connectivity index (χ1v) is 7.59. The fourth-order valence-corrected chi connectivity index (χ4v) is 3.10. The van der Waals surface area contributed by atoms with Crippen molar-refractivity contribution >= 4 is 27.6 Å². The zero-order valence-corrected chi connectivity index (χ0v) is 11.9. The van der Waals surface area contributed by atoms with Gasteiger partial charge in [-0.25, -0.2) is 9.78 Å². The van der Waals surface area contributed by atoms with Gasteiger partial charge in [-0.2, -0.15) is 0 Å². The maximum atomic E-state index is 12.1. The standard InChI is InChI=1S/C14H17N3O2S/c18-8-7-17(10-5-6-10)14(19)15-9-13-16-11-3-1-2-4-12(11)20-13/h1-4,10,18H,5-9H2,(H,15,19). The molecule has 0 atom stereocenters. The highest BCUT2D eigenvalue weighted by Crippen LogP contribution is 2.26. The number of carbonyl (C=O) groups excluding carboxylic acids is 1. The highest BCUT2D eigenvalue weighted by atomic mass is 32.1. The minimum Gasteiger partial charge on any atom is -0.395 e. The minimum atomic E-state index is -0.110. The van der Waals surface area contributed by atoms with Crippen molar-refractivity contribution in [2.45, 2.75) is 25.4 Å². The van der Waals surface area contributed by atoms with Gasteiger partial charge in [-0.1, -0.05) is 12.1 Å². The lowest BCUT2D eigenvalue weighted by molar-refractivity contribution is 0.173. The Morgan fingerprint density at radius 3 is 2.95 bits per heavy atom. The number of aliphatic hydroxyl groups is 1. The number of urea groups is 1. The molecular weight excluding hydrogens is 274 g/mol. The third-order valence-corrected chi connectivity index (χ3v) is 4.35. The quantitative estimate of drug-likeness (QED) is 0.885. The number of nitrogens with one attached hydrogen (secondary N) is 1. The molecule has 0 spiro atoms. The van der Waals surface area contributed by atoms with Crippen LogP contribution >= 0.6 is 11.3 Å². The molecule has 2 N–H and O–H groups in total. The van der Waals surface area contributed by atoms with Crippen LogP contribution in [0.25, 0.3) is 10.2 Å². The molecule has 2 aromatic rings. The fraction of sp³-hybridized carbons (Fsp3) is 0.429. The summed E-state index contributed by atoms with van der Waals surface area (Å²) in [5, 5.41) is 12.8. The average Bonchev–Trinajstić information content (AvgIpc) is 3.20. The molecule has 1 aromatic heterocycles. The van der Waals surface area contributed by atoms with Crippen LogP contribution in [0.15, 0.2) is 24.3 Å². The van der Waals surface area contributed by atoms with Crippen molar-refractivity contribution < 1.29 is 9.90 Å². The maximum Gasteiger partial charge on any atom is 0.318 e. The molecule has 1 aliphatic rings. The van der Waals surface area contributed by atoms with Gasteiger partial charge in [-0.3, -0.25) is 0 Å². The number of aromatic nitrogens is 1. The van der Waals surface area contributed by atoms with E-state index in [2.05, 4.69) is 10.3 Å². The summed E-state index contributed by atoms with van der Waals surface area (Å²) in [4.78, 5) is 18.3. The van der Waals surface area contributed by atoms with Crippen molar-refractivity contribution in [3.8, 4) is 0 Å². The monoisotopic (exact) mass is 291 g/mol. The number of hydrogen-bond acceptors (Lipinski definition) is 4. The second-order valence-electron chi connectivity index (χ2n) is 4.88. The van der Waals surface area contributed by atoms with Crippen molar-refractivity contribution in [1.29, 1.82) is 0 Å². The summed E-state index contributed by atoms with van der Waals surface area (Å²) in [7, 11) is 0. The molecule has 5 nitrogen and oxygen atoms in total. The molecule has 1 aromatic carbocycles. The van der Waals surface area contributed by atoms with Crippen LogP contribution in [0, 0.1) is 0 Å². The number of nitrogens with zero attached hydrogens (tertiary/aromatic N) is 2. The molecule has 6 heteroatoms. The Balaban J connectivity index is 1.61. The van der Waals surface area contributed by atoms with E-state index in [0.29, 0.717) is 19.1 Å². The third-order valence-electron chi connectivity index (χ3n) is 3.32. The Morgan fingerprint density at radius 1 is 1.45 bits per heavy atom. The summed E-state index contributed by atoms with van der Waals surface area (Å²) in [5.74, 6) is 0. The summed E-state index contributed by atoms with van der Waals surface area (Å²) in [6.07, 6.45) is 2.07. The SMILES string of the molecule is O=C(NCc1nc2ccccc2s1)N(CCO)C1CC1. The van der Waals surface area contributed by atoms with E-state index in [9.17, 15) is 4.79 Å². The lowest BCUT2D eigenvalue weighted by Gasteiger charge is -2.21. The smallest absolute Gasteiger partial charge is 0.318 e. The van der Waals surface area contributed by atoms with Gasteiger partial charge in [0.15, 0.2) is 0 Å². The topological polar surface area (TPSA) is 65.5 Å². The predicted octanol–water partition coefficient (Wildman–Crippen LogP) is 1.96. The molecule has 20 heavy (non-hydrogen) atoms. The van der Waals surface area contributed by atoms with Crippen LogP contribution in [-0.4, -0.2) is 40.2 Å². The highest BCUT2D eigenvalue weighted by Gasteiger charge is 2.31. The lowest BCUT2D eigenvalue weighted by Crippen LogP contribution is -2.42. The van der Waals surface area contributed by atoms with E-state index in [4.69, 9.17) is 5.11 Å². The second-order valence-corrected chi connectivity index (χ2v) is 6.00. The first kappa shape index (κ1) is 13.3. The molecule has 1 saturated carbocycles. The van der Waals surface area contributed by atoms with E-state index in [-0.39, 0.29) is 12.6 Å². The van der Waals surface area contributed by atoms with E-state index < -0.39 is 0 Å². The predicted molar refractivity (Wildman–Crippen MR) is 78.7 cm³/mol. The first-order valence-electron chi connectivity index (χ1n) is 6.77. The number of fused-ring (bicyclic) bond motifs is 1. The van der Waals surface area contributed by atoms with Gasteiger partial charge in [0.25, 0.3) is 0 Å². The van der Waals surface area contributed by atoms with Crippen LogP contribution in [0.2, 0.25) is 0 Å². The number of aliphatic hydroxyl groups excluding tert-OH is 1. The Kier molecular flexibility index (Phi) is 3.84. The number of thiazole rings is 1. The molecule has 1 aliphatic carbocycles. The van der Waals surface area contributed by atoms with E-state index >= 15 is 0 Å². The van der Waals surface area contributed by atoms with E-state index in [1.54, 1.807) is 16.2 Å². The molecule has 0 aliphatic heterocycles. The van der Waals surface area contributed by atoms with Gasteiger partial charge in [0.1, 0.15) is 5.01 Å². The third kappa shape index (κ3) is 2.91. The van der Waals surface area contributed by atoms with Crippen LogP contribution in [0.1, 0.15) is 17.8 Å². The Hall–Kier alpha value is -1.66. The molecule has 1 heterocycles. The van der Waals surface area contributed by atoms with Gasteiger partial charge in [-0.05, 0) is 25.0 Å². The summed E-state index contributed by atoms with van der Waals surface area (Å²) >= 11 is 1.59. The van der Waals surface area contributed by atoms with Gasteiger partial charge < -0.3 is 15.3 Å². The molecule has 0 unspecified atom stereocenters. The number of para-hydroxylation sites is 1. The summed E-state index contributed by atoms with van der Waals surface area (Å²) in [6.45, 7) is 0.841. The first-order chi connectivity index (χ1) is 9.78. The number of benzene rings is 1. The molecule has 3 rings (SSSR count). The van der Waals surface area contributed by atoms with Gasteiger partial charge in [0.05, 0.1) is 23.4 Å². The van der Waals surface area contributed by atoms with Crippen LogP contribution in [0.3, 0.4) is 0 Å². The molecule has 1 fully saturated rings. The zero-order valence-electron chi connectivity index (χ0n) is 11.1. The summed E-state index contributed by atoms with van der Waals surface area (Å²) in [5.41, 5.74) is 0.969. The van der Waals surface area contributed by atoms with Crippen LogP contribution in [0.5, 0.6) is 0 Å². The van der Waals surface area contributed by atoms with Crippen molar-refractivity contribution in [1.82, 2.24) is 15.2 Å². The molecule has 2 amide bonds. The molecule has 0 radical (unpaired) electrons. The number of rotatable bonds is 5. The number of hydrogen-bond donors (Lipinski definition) is 2. The second kappa shape index (κ2) is 5.76. The van der Waals surface area contributed by atoms with Crippen molar-refractivity contribution in [3.05, 3.63) is 29.3 Å². The fourth-order valence-electron chi connectivity index (χ4n) is 2.19. The largest absolute Gasteiger partial charge is 0.395 e. The van der Waals surface area contributed by atoms with E-state index in [1.807, 2.05) is 24.3 Å². The summed E-state index contributed by atoms with van der Waals surface area (Å²) in [6, 6.07) is 8.14. The molecular formula is C14H17N3O2S. The molecule has 106 valence electrons. The van der Waals surface area contributed by atoms with Crippen LogP contribution in [-0.2, 0) is 6.54 Å². The van der Waals surface area contributed by atoms with Crippen molar-refractivity contribution in [3.63, 3.8) is 0 Å². The van der Waals surface area contributed by atoms with E-state index in [1.165, 1.54) is 0 Å². The number of amides is 2. The maximum absolute atomic E-state index is 12.1. The molecule has 0 bridgehead atoms. The van der Waals surface area contributed by atoms with Crippen LogP contribution < -0.4 is 5.32 Å². The Bertz CT molecular complexity index is 576. The lowest BCUT2D eigenvalue weighted by atomic mass is 10.3. The van der Waals surface area contributed by atoms with Gasteiger partial charge in [0.2, 0.25) is 0 Å².